The van der Waals surface area contributed by atoms with Gasteiger partial charge in [0, 0.05) is 17.9 Å². The molecule has 1 atom stereocenters. The molecule has 2 heteroatoms. The minimum atomic E-state index is 0.591. The highest BCUT2D eigenvalue weighted by Gasteiger charge is 2.12. The van der Waals surface area contributed by atoms with E-state index < -0.39 is 0 Å². The van der Waals surface area contributed by atoms with E-state index in [0.717, 1.165) is 11.9 Å². The summed E-state index contributed by atoms with van der Waals surface area (Å²) >= 11 is 3.54. The molecule has 0 saturated heterocycles. The van der Waals surface area contributed by atoms with Gasteiger partial charge in [0.2, 0.25) is 0 Å². The zero-order valence-electron chi connectivity index (χ0n) is 10.2. The van der Waals surface area contributed by atoms with Gasteiger partial charge in [0.1, 0.15) is 0 Å². The molecule has 0 saturated carbocycles. The van der Waals surface area contributed by atoms with Crippen LogP contribution in [-0.4, -0.2) is 23.3 Å². The largest absolute Gasteiger partial charge is 0.299 e. The lowest BCUT2D eigenvalue weighted by Crippen LogP contribution is -2.29. The van der Waals surface area contributed by atoms with Crippen LogP contribution in [0.5, 0.6) is 0 Å². The van der Waals surface area contributed by atoms with E-state index in [4.69, 9.17) is 0 Å². The standard InChI is InChI=1S/C14H20BrN/c1-11(9-15)16(2)10-12-6-7-13-4-3-5-14(13)8-12/h6-8,11H,3-5,9-10H2,1-2H3. The third kappa shape index (κ3) is 2.67. The maximum Gasteiger partial charge on any atom is 0.0233 e. The zero-order chi connectivity index (χ0) is 11.5. The molecule has 1 unspecified atom stereocenters. The molecule has 1 nitrogen and oxygen atoms in total. The van der Waals surface area contributed by atoms with Crippen LogP contribution in [-0.2, 0) is 19.4 Å². The summed E-state index contributed by atoms with van der Waals surface area (Å²) in [4.78, 5) is 2.39. The van der Waals surface area contributed by atoms with Crippen LogP contribution in [0.15, 0.2) is 18.2 Å². The Morgan fingerprint density at radius 3 is 2.81 bits per heavy atom. The average Bonchev–Trinajstić information content (AvgIpc) is 2.75. The smallest absolute Gasteiger partial charge is 0.0233 e. The second kappa shape index (κ2) is 5.33. The number of aryl methyl sites for hydroxylation is 2. The van der Waals surface area contributed by atoms with Crippen LogP contribution in [0.25, 0.3) is 0 Å². The molecule has 0 N–H and O–H groups in total. The van der Waals surface area contributed by atoms with Crippen molar-refractivity contribution in [1.82, 2.24) is 4.90 Å². The number of alkyl halides is 1. The van der Waals surface area contributed by atoms with Crippen molar-refractivity contribution < 1.29 is 0 Å². The van der Waals surface area contributed by atoms with Crippen molar-refractivity contribution in [2.45, 2.75) is 38.8 Å². The van der Waals surface area contributed by atoms with E-state index in [9.17, 15) is 0 Å². The third-order valence-corrected chi connectivity index (χ3v) is 4.51. The average molecular weight is 282 g/mol. The number of hydrogen-bond acceptors (Lipinski definition) is 1. The van der Waals surface area contributed by atoms with E-state index in [1.807, 2.05) is 0 Å². The lowest BCUT2D eigenvalue weighted by atomic mass is 10.1. The fourth-order valence-electron chi connectivity index (χ4n) is 2.29. The molecular formula is C14H20BrN. The molecule has 0 aromatic heterocycles. The Morgan fingerprint density at radius 2 is 2.06 bits per heavy atom. The van der Waals surface area contributed by atoms with Gasteiger partial charge in [-0.3, -0.25) is 4.90 Å². The van der Waals surface area contributed by atoms with E-state index in [1.54, 1.807) is 11.1 Å². The topological polar surface area (TPSA) is 3.24 Å². The minimum absolute atomic E-state index is 0.591. The molecule has 1 aliphatic carbocycles. The van der Waals surface area contributed by atoms with Crippen molar-refractivity contribution in [3.8, 4) is 0 Å². The maximum atomic E-state index is 3.54. The van der Waals surface area contributed by atoms with Gasteiger partial charge >= 0.3 is 0 Å². The molecule has 16 heavy (non-hydrogen) atoms. The Kier molecular flexibility index (Phi) is 4.04. The van der Waals surface area contributed by atoms with Gasteiger partial charge in [0.05, 0.1) is 0 Å². The van der Waals surface area contributed by atoms with E-state index in [0.29, 0.717) is 6.04 Å². The molecule has 1 aromatic rings. The predicted molar refractivity (Wildman–Crippen MR) is 73.2 cm³/mol. The fraction of sp³-hybridized carbons (Fsp3) is 0.571. The number of fused-ring (bicyclic) bond motifs is 1. The maximum absolute atomic E-state index is 3.54. The van der Waals surface area contributed by atoms with Crippen LogP contribution in [0.4, 0.5) is 0 Å². The van der Waals surface area contributed by atoms with Gasteiger partial charge in [-0.05, 0) is 49.9 Å². The molecule has 0 fully saturated rings. The predicted octanol–water partition coefficient (Wildman–Crippen LogP) is 3.39. The molecule has 0 amide bonds. The molecule has 88 valence electrons. The van der Waals surface area contributed by atoms with Crippen LogP contribution in [0, 0.1) is 0 Å². The summed E-state index contributed by atoms with van der Waals surface area (Å²) < 4.78 is 0. The van der Waals surface area contributed by atoms with Crippen molar-refractivity contribution in [2.24, 2.45) is 0 Å². The summed E-state index contributed by atoms with van der Waals surface area (Å²) in [6.07, 6.45) is 3.90. The first kappa shape index (κ1) is 12.1. The second-order valence-electron chi connectivity index (χ2n) is 4.88. The lowest BCUT2D eigenvalue weighted by molar-refractivity contribution is 0.270. The van der Waals surface area contributed by atoms with E-state index in [2.05, 4.69) is 53.0 Å². The van der Waals surface area contributed by atoms with Gasteiger partial charge in [-0.2, -0.15) is 0 Å². The van der Waals surface area contributed by atoms with Crippen molar-refractivity contribution in [1.29, 1.82) is 0 Å². The number of halogens is 1. The monoisotopic (exact) mass is 281 g/mol. The summed E-state index contributed by atoms with van der Waals surface area (Å²) in [5, 5.41) is 1.04. The van der Waals surface area contributed by atoms with Crippen molar-refractivity contribution in [3.05, 3.63) is 34.9 Å². The number of rotatable bonds is 4. The van der Waals surface area contributed by atoms with Crippen molar-refractivity contribution in [3.63, 3.8) is 0 Å². The van der Waals surface area contributed by atoms with Gasteiger partial charge < -0.3 is 0 Å². The van der Waals surface area contributed by atoms with Crippen LogP contribution < -0.4 is 0 Å². The highest BCUT2D eigenvalue weighted by atomic mass is 79.9. The zero-order valence-corrected chi connectivity index (χ0v) is 11.8. The second-order valence-corrected chi connectivity index (χ2v) is 5.52. The van der Waals surface area contributed by atoms with Gasteiger partial charge in [0.25, 0.3) is 0 Å². The van der Waals surface area contributed by atoms with Crippen LogP contribution in [0.3, 0.4) is 0 Å². The quantitative estimate of drug-likeness (QED) is 0.765. The Hall–Kier alpha value is -0.340. The molecular weight excluding hydrogens is 262 g/mol. The van der Waals surface area contributed by atoms with Gasteiger partial charge in [-0.1, -0.05) is 34.1 Å². The van der Waals surface area contributed by atoms with Gasteiger partial charge in [-0.25, -0.2) is 0 Å². The Morgan fingerprint density at radius 1 is 1.31 bits per heavy atom. The molecule has 1 aromatic carbocycles. The van der Waals surface area contributed by atoms with Crippen LogP contribution >= 0.6 is 15.9 Å². The van der Waals surface area contributed by atoms with E-state index >= 15 is 0 Å². The molecule has 2 rings (SSSR count). The number of hydrogen-bond donors (Lipinski definition) is 0. The summed E-state index contributed by atoms with van der Waals surface area (Å²) in [5.74, 6) is 0. The Bertz CT molecular complexity index is 362. The SMILES string of the molecule is CC(CBr)N(C)Cc1ccc2c(c1)CCC2. The highest BCUT2D eigenvalue weighted by molar-refractivity contribution is 9.09. The molecule has 1 aliphatic rings. The summed E-state index contributed by atoms with van der Waals surface area (Å²) in [6, 6.07) is 7.61. The van der Waals surface area contributed by atoms with Crippen molar-refractivity contribution in [2.75, 3.05) is 12.4 Å². The first-order valence-electron chi connectivity index (χ1n) is 6.07. The van der Waals surface area contributed by atoms with Crippen molar-refractivity contribution >= 4 is 15.9 Å². The first-order chi connectivity index (χ1) is 7.70. The number of benzene rings is 1. The van der Waals surface area contributed by atoms with E-state index in [-0.39, 0.29) is 0 Å². The number of nitrogens with zero attached hydrogens (tertiary/aromatic N) is 1. The minimum Gasteiger partial charge on any atom is -0.299 e. The fourth-order valence-corrected chi connectivity index (χ4v) is 2.78. The molecule has 0 aliphatic heterocycles. The molecule has 0 heterocycles. The first-order valence-corrected chi connectivity index (χ1v) is 7.19. The third-order valence-electron chi connectivity index (χ3n) is 3.57. The summed E-state index contributed by atoms with van der Waals surface area (Å²) in [7, 11) is 2.19. The van der Waals surface area contributed by atoms with Crippen LogP contribution in [0.1, 0.15) is 30.0 Å². The summed E-state index contributed by atoms with van der Waals surface area (Å²) in [6.45, 7) is 3.31. The molecule has 0 bridgehead atoms. The van der Waals surface area contributed by atoms with Crippen LogP contribution in [0.2, 0.25) is 0 Å². The molecule has 0 spiro atoms. The van der Waals surface area contributed by atoms with Gasteiger partial charge in [-0.15, -0.1) is 0 Å². The highest BCUT2D eigenvalue weighted by Crippen LogP contribution is 2.23. The van der Waals surface area contributed by atoms with Gasteiger partial charge in [0.15, 0.2) is 0 Å². The Labute approximate surface area is 107 Å². The molecule has 0 radical (unpaired) electrons. The lowest BCUT2D eigenvalue weighted by Gasteiger charge is -2.23. The Balaban J connectivity index is 2.05. The van der Waals surface area contributed by atoms with E-state index in [1.165, 1.54) is 24.8 Å². The summed E-state index contributed by atoms with van der Waals surface area (Å²) in [5.41, 5.74) is 4.60. The normalized spacial score (nSPS) is 16.5.